The number of amides is 1. The molecule has 0 radical (unpaired) electrons. The van der Waals surface area contributed by atoms with Gasteiger partial charge in [0.05, 0.1) is 5.75 Å². The van der Waals surface area contributed by atoms with Crippen LogP contribution in [0.25, 0.3) is 11.1 Å². The number of anilines is 1. The molecule has 2 heterocycles. The highest BCUT2D eigenvalue weighted by atomic mass is 32.2. The molecular formula is C18H16N2O2S. The fourth-order valence-electron chi connectivity index (χ4n) is 2.91. The first-order valence-corrected chi connectivity index (χ1v) is 8.66. The number of hydrogen-bond acceptors (Lipinski definition) is 4. The van der Waals surface area contributed by atoms with Crippen LogP contribution in [0.4, 0.5) is 5.69 Å². The topological polar surface area (TPSA) is 46.3 Å². The third-order valence-electron chi connectivity index (χ3n) is 4.00. The van der Waals surface area contributed by atoms with Crippen molar-refractivity contribution in [1.82, 2.24) is 4.98 Å². The predicted octanol–water partition coefficient (Wildman–Crippen LogP) is 3.90. The SMILES string of the molecule is O=C(CSc1nc2ccccc2o1)N1CCCc2ccccc21. The lowest BCUT2D eigenvalue weighted by Gasteiger charge is -2.29. The van der Waals surface area contributed by atoms with Gasteiger partial charge < -0.3 is 9.32 Å². The first kappa shape index (κ1) is 14.3. The Morgan fingerprint density at radius 2 is 2.00 bits per heavy atom. The van der Waals surface area contributed by atoms with Crippen LogP contribution in [0.5, 0.6) is 0 Å². The Hall–Kier alpha value is -2.27. The molecule has 5 heteroatoms. The molecule has 0 saturated heterocycles. The summed E-state index contributed by atoms with van der Waals surface area (Å²) in [4.78, 5) is 18.9. The number of carbonyl (C=O) groups is 1. The third kappa shape index (κ3) is 2.84. The van der Waals surface area contributed by atoms with Crippen LogP contribution in [0, 0.1) is 0 Å². The van der Waals surface area contributed by atoms with E-state index in [1.54, 1.807) is 0 Å². The molecule has 0 unspecified atom stereocenters. The van der Waals surface area contributed by atoms with Gasteiger partial charge >= 0.3 is 0 Å². The summed E-state index contributed by atoms with van der Waals surface area (Å²) in [6.45, 7) is 0.782. The van der Waals surface area contributed by atoms with Crippen molar-refractivity contribution in [2.45, 2.75) is 18.1 Å². The zero-order chi connectivity index (χ0) is 15.6. The summed E-state index contributed by atoms with van der Waals surface area (Å²) >= 11 is 1.35. The van der Waals surface area contributed by atoms with Crippen molar-refractivity contribution >= 4 is 34.5 Å². The number of aryl methyl sites for hydroxylation is 1. The number of nitrogens with zero attached hydrogens (tertiary/aromatic N) is 2. The molecule has 0 atom stereocenters. The first-order valence-electron chi connectivity index (χ1n) is 7.68. The van der Waals surface area contributed by atoms with Crippen LogP contribution in [0.3, 0.4) is 0 Å². The summed E-state index contributed by atoms with van der Waals surface area (Å²) in [6, 6.07) is 15.8. The van der Waals surface area contributed by atoms with Gasteiger partial charge in [0.2, 0.25) is 5.91 Å². The summed E-state index contributed by atoms with van der Waals surface area (Å²) in [6.07, 6.45) is 2.05. The van der Waals surface area contributed by atoms with Crippen LogP contribution < -0.4 is 4.90 Å². The Bertz CT molecular complexity index is 826. The number of oxazole rings is 1. The van der Waals surface area contributed by atoms with Crippen LogP contribution in [0.2, 0.25) is 0 Å². The van der Waals surface area contributed by atoms with Crippen LogP contribution in [0.1, 0.15) is 12.0 Å². The zero-order valence-corrected chi connectivity index (χ0v) is 13.4. The van der Waals surface area contributed by atoms with Gasteiger partial charge in [-0.05, 0) is 36.6 Å². The molecule has 0 aliphatic carbocycles. The van der Waals surface area contributed by atoms with Crippen LogP contribution in [-0.4, -0.2) is 23.2 Å². The van der Waals surface area contributed by atoms with E-state index in [-0.39, 0.29) is 5.91 Å². The molecule has 1 aromatic heterocycles. The number of para-hydroxylation sites is 3. The van der Waals surface area contributed by atoms with E-state index >= 15 is 0 Å². The minimum absolute atomic E-state index is 0.101. The van der Waals surface area contributed by atoms with Gasteiger partial charge in [-0.25, -0.2) is 4.98 Å². The number of fused-ring (bicyclic) bond motifs is 2. The van der Waals surface area contributed by atoms with E-state index in [1.165, 1.54) is 17.3 Å². The Labute approximate surface area is 138 Å². The molecule has 116 valence electrons. The fourth-order valence-corrected chi connectivity index (χ4v) is 3.62. The van der Waals surface area contributed by atoms with Crippen molar-refractivity contribution in [2.24, 2.45) is 0 Å². The van der Waals surface area contributed by atoms with E-state index in [4.69, 9.17) is 4.42 Å². The molecule has 1 aliphatic rings. The third-order valence-corrected chi connectivity index (χ3v) is 4.82. The minimum atomic E-state index is 0.101. The number of rotatable bonds is 3. The van der Waals surface area contributed by atoms with Gasteiger partial charge in [-0.2, -0.15) is 0 Å². The van der Waals surface area contributed by atoms with Crippen LogP contribution in [-0.2, 0) is 11.2 Å². The number of carbonyl (C=O) groups excluding carboxylic acids is 1. The standard InChI is InChI=1S/C18H16N2O2S/c21-17(20-11-5-7-13-6-1-3-9-15(13)20)12-23-18-19-14-8-2-4-10-16(14)22-18/h1-4,6,8-10H,5,7,11-12H2. The largest absolute Gasteiger partial charge is 0.431 e. The predicted molar refractivity (Wildman–Crippen MR) is 91.8 cm³/mol. The Morgan fingerprint density at radius 3 is 2.91 bits per heavy atom. The molecule has 1 amide bonds. The van der Waals surface area contributed by atoms with E-state index < -0.39 is 0 Å². The highest BCUT2D eigenvalue weighted by Crippen LogP contribution is 2.28. The summed E-state index contributed by atoms with van der Waals surface area (Å²) in [5, 5.41) is 0.546. The lowest BCUT2D eigenvalue weighted by molar-refractivity contribution is -0.116. The maximum absolute atomic E-state index is 12.6. The van der Waals surface area contributed by atoms with Gasteiger partial charge in [0.15, 0.2) is 5.58 Å². The number of benzene rings is 2. The van der Waals surface area contributed by atoms with E-state index in [9.17, 15) is 4.79 Å². The van der Waals surface area contributed by atoms with Crippen molar-refractivity contribution in [2.75, 3.05) is 17.2 Å². The van der Waals surface area contributed by atoms with Gasteiger partial charge in [0.25, 0.3) is 5.22 Å². The molecule has 4 rings (SSSR count). The summed E-state index contributed by atoms with van der Waals surface area (Å²) in [7, 11) is 0. The smallest absolute Gasteiger partial charge is 0.257 e. The molecule has 0 N–H and O–H groups in total. The maximum Gasteiger partial charge on any atom is 0.257 e. The highest BCUT2D eigenvalue weighted by Gasteiger charge is 2.22. The van der Waals surface area contributed by atoms with Crippen molar-refractivity contribution in [3.8, 4) is 0 Å². The summed E-state index contributed by atoms with van der Waals surface area (Å²) in [5.74, 6) is 0.436. The quantitative estimate of drug-likeness (QED) is 0.686. The molecule has 0 fully saturated rings. The van der Waals surface area contributed by atoms with Gasteiger partial charge in [0, 0.05) is 12.2 Å². The molecule has 2 aromatic carbocycles. The van der Waals surface area contributed by atoms with Crippen molar-refractivity contribution in [1.29, 1.82) is 0 Å². The second kappa shape index (κ2) is 6.08. The van der Waals surface area contributed by atoms with Crippen LogP contribution in [0.15, 0.2) is 58.2 Å². The van der Waals surface area contributed by atoms with Gasteiger partial charge in [0.1, 0.15) is 5.52 Å². The average molecular weight is 324 g/mol. The van der Waals surface area contributed by atoms with E-state index in [0.29, 0.717) is 11.0 Å². The Morgan fingerprint density at radius 1 is 1.17 bits per heavy atom. The Balaban J connectivity index is 1.48. The van der Waals surface area contributed by atoms with Crippen molar-refractivity contribution in [3.05, 3.63) is 54.1 Å². The average Bonchev–Trinajstić information content (AvgIpc) is 3.02. The molecular weight excluding hydrogens is 308 g/mol. The van der Waals surface area contributed by atoms with Crippen molar-refractivity contribution < 1.29 is 9.21 Å². The molecule has 1 aliphatic heterocycles. The number of aromatic nitrogens is 1. The fraction of sp³-hybridized carbons (Fsp3) is 0.222. The maximum atomic E-state index is 12.6. The van der Waals surface area contributed by atoms with E-state index in [1.807, 2.05) is 47.4 Å². The molecule has 23 heavy (non-hydrogen) atoms. The first-order chi connectivity index (χ1) is 11.3. The normalized spacial score (nSPS) is 14.0. The Kier molecular flexibility index (Phi) is 3.79. The van der Waals surface area contributed by atoms with Crippen molar-refractivity contribution in [3.63, 3.8) is 0 Å². The van der Waals surface area contributed by atoms with Gasteiger partial charge in [-0.15, -0.1) is 0 Å². The molecule has 0 bridgehead atoms. The monoisotopic (exact) mass is 324 g/mol. The molecule has 0 spiro atoms. The molecule has 3 aromatic rings. The zero-order valence-electron chi connectivity index (χ0n) is 12.6. The van der Waals surface area contributed by atoms with Gasteiger partial charge in [-0.1, -0.05) is 42.1 Å². The van der Waals surface area contributed by atoms with Gasteiger partial charge in [-0.3, -0.25) is 4.79 Å². The van der Waals surface area contributed by atoms with E-state index in [0.717, 1.165) is 36.2 Å². The van der Waals surface area contributed by atoms with E-state index in [2.05, 4.69) is 11.1 Å². The summed E-state index contributed by atoms with van der Waals surface area (Å²) < 4.78 is 5.66. The highest BCUT2D eigenvalue weighted by molar-refractivity contribution is 7.99. The minimum Gasteiger partial charge on any atom is -0.431 e. The summed E-state index contributed by atoms with van der Waals surface area (Å²) in [5.41, 5.74) is 3.87. The second-order valence-corrected chi connectivity index (χ2v) is 6.44. The molecule has 0 saturated carbocycles. The van der Waals surface area contributed by atoms with Crippen LogP contribution >= 0.6 is 11.8 Å². The lowest BCUT2D eigenvalue weighted by atomic mass is 10.0. The number of thioether (sulfide) groups is 1. The number of hydrogen-bond donors (Lipinski definition) is 0. The second-order valence-electron chi connectivity index (χ2n) is 5.51. The molecule has 4 nitrogen and oxygen atoms in total. The lowest BCUT2D eigenvalue weighted by Crippen LogP contribution is -2.36.